The molecule has 0 saturated heterocycles. The van der Waals surface area contributed by atoms with Crippen LogP contribution in [0.25, 0.3) is 11.1 Å². The summed E-state index contributed by atoms with van der Waals surface area (Å²) < 4.78 is 1.03. The number of rotatable bonds is 2. The van der Waals surface area contributed by atoms with Gasteiger partial charge >= 0.3 is 0 Å². The molecule has 2 aromatic rings. The molecule has 1 aliphatic carbocycles. The molecule has 0 fully saturated rings. The summed E-state index contributed by atoms with van der Waals surface area (Å²) >= 11 is 3.46. The van der Waals surface area contributed by atoms with Crippen LogP contribution in [0.3, 0.4) is 0 Å². The first-order chi connectivity index (χ1) is 10.6. The lowest BCUT2D eigenvalue weighted by Gasteiger charge is -2.26. The number of pyridine rings is 1. The molecule has 0 aliphatic heterocycles. The minimum absolute atomic E-state index is 0.356. The van der Waals surface area contributed by atoms with Gasteiger partial charge in [-0.25, -0.2) is 4.98 Å². The van der Waals surface area contributed by atoms with E-state index in [1.54, 1.807) is 0 Å². The van der Waals surface area contributed by atoms with Crippen LogP contribution in [0.4, 0.5) is 5.82 Å². The fraction of sp³-hybridized carbons (Fsp3) is 0.333. The van der Waals surface area contributed by atoms with Crippen LogP contribution in [-0.4, -0.2) is 4.98 Å². The molecule has 3 rings (SSSR count). The van der Waals surface area contributed by atoms with Gasteiger partial charge in [-0.15, -0.1) is 0 Å². The van der Waals surface area contributed by atoms with Gasteiger partial charge in [-0.2, -0.15) is 5.26 Å². The predicted octanol–water partition coefficient (Wildman–Crippen LogP) is 4.48. The number of benzene rings is 1. The molecule has 0 saturated carbocycles. The van der Waals surface area contributed by atoms with Gasteiger partial charge in [0.25, 0.3) is 0 Å². The van der Waals surface area contributed by atoms with Gasteiger partial charge < -0.3 is 5.73 Å². The molecule has 112 valence electrons. The number of halogens is 1. The topological polar surface area (TPSA) is 62.7 Å². The molecule has 22 heavy (non-hydrogen) atoms. The Bertz CT molecular complexity index is 744. The summed E-state index contributed by atoms with van der Waals surface area (Å²) in [5.74, 6) is 1.02. The summed E-state index contributed by atoms with van der Waals surface area (Å²) in [6, 6.07) is 10.3. The standard InChI is InChI=1S/C18H18BrN3/c1-2-11-3-8-16-14(9-11)17(15(10-20)18(21)22-16)12-4-6-13(19)7-5-12/h4-7,11H,2-3,8-9H2,1H3,(H2,21,22). The Kier molecular flexibility index (Phi) is 4.17. The molecule has 1 heterocycles. The first-order valence-electron chi connectivity index (χ1n) is 7.61. The van der Waals surface area contributed by atoms with Crippen LogP contribution in [0.2, 0.25) is 0 Å². The first kappa shape index (κ1) is 15.1. The van der Waals surface area contributed by atoms with Crippen LogP contribution in [0.1, 0.15) is 36.6 Å². The molecule has 1 aromatic carbocycles. The van der Waals surface area contributed by atoms with Gasteiger partial charge in [-0.1, -0.05) is 41.4 Å². The molecule has 4 heteroatoms. The maximum absolute atomic E-state index is 9.56. The number of nitrogens with two attached hydrogens (primary N) is 1. The quantitative estimate of drug-likeness (QED) is 0.863. The molecular formula is C18H18BrN3. The highest BCUT2D eigenvalue weighted by molar-refractivity contribution is 9.10. The van der Waals surface area contributed by atoms with E-state index in [1.807, 2.05) is 24.3 Å². The monoisotopic (exact) mass is 355 g/mol. The first-order valence-corrected chi connectivity index (χ1v) is 8.40. The van der Waals surface area contributed by atoms with Gasteiger partial charge in [-0.3, -0.25) is 0 Å². The minimum Gasteiger partial charge on any atom is -0.383 e. The Labute approximate surface area is 139 Å². The number of anilines is 1. The van der Waals surface area contributed by atoms with Crippen molar-refractivity contribution >= 4 is 21.7 Å². The van der Waals surface area contributed by atoms with Crippen LogP contribution in [0.5, 0.6) is 0 Å². The highest BCUT2D eigenvalue weighted by atomic mass is 79.9. The number of hydrogen-bond acceptors (Lipinski definition) is 3. The molecule has 1 aliphatic rings. The zero-order valence-corrected chi connectivity index (χ0v) is 14.2. The average molecular weight is 356 g/mol. The van der Waals surface area contributed by atoms with Crippen molar-refractivity contribution in [2.75, 3.05) is 5.73 Å². The summed E-state index contributed by atoms with van der Waals surface area (Å²) in [6.45, 7) is 2.23. The van der Waals surface area contributed by atoms with E-state index in [9.17, 15) is 5.26 Å². The lowest BCUT2D eigenvalue weighted by atomic mass is 9.80. The highest BCUT2D eigenvalue weighted by Gasteiger charge is 2.25. The van der Waals surface area contributed by atoms with Crippen LogP contribution in [0, 0.1) is 17.2 Å². The molecule has 0 radical (unpaired) electrons. The normalized spacial score (nSPS) is 16.9. The number of hydrogen-bond donors (Lipinski definition) is 1. The van der Waals surface area contributed by atoms with Gasteiger partial charge in [0.15, 0.2) is 0 Å². The van der Waals surface area contributed by atoms with Crippen molar-refractivity contribution in [1.82, 2.24) is 4.98 Å². The van der Waals surface area contributed by atoms with Crippen molar-refractivity contribution in [2.45, 2.75) is 32.6 Å². The van der Waals surface area contributed by atoms with E-state index >= 15 is 0 Å². The predicted molar refractivity (Wildman–Crippen MR) is 92.3 cm³/mol. The van der Waals surface area contributed by atoms with Gasteiger partial charge in [-0.05, 0) is 48.4 Å². The van der Waals surface area contributed by atoms with E-state index in [-0.39, 0.29) is 0 Å². The summed E-state index contributed by atoms with van der Waals surface area (Å²) in [7, 11) is 0. The maximum atomic E-state index is 9.56. The minimum atomic E-state index is 0.356. The Morgan fingerprint density at radius 3 is 2.73 bits per heavy atom. The largest absolute Gasteiger partial charge is 0.383 e. The van der Waals surface area contributed by atoms with Crippen LogP contribution in [0.15, 0.2) is 28.7 Å². The van der Waals surface area contributed by atoms with E-state index in [2.05, 4.69) is 33.9 Å². The molecule has 1 unspecified atom stereocenters. The second-order valence-electron chi connectivity index (χ2n) is 5.81. The Morgan fingerprint density at radius 1 is 1.36 bits per heavy atom. The smallest absolute Gasteiger partial charge is 0.142 e. The van der Waals surface area contributed by atoms with E-state index in [0.717, 1.165) is 47.0 Å². The van der Waals surface area contributed by atoms with Crippen LogP contribution >= 0.6 is 15.9 Å². The Hall–Kier alpha value is -1.86. The molecule has 0 bridgehead atoms. The van der Waals surface area contributed by atoms with E-state index in [4.69, 9.17) is 5.73 Å². The van der Waals surface area contributed by atoms with E-state index < -0.39 is 0 Å². The second-order valence-corrected chi connectivity index (χ2v) is 6.72. The van der Waals surface area contributed by atoms with E-state index in [0.29, 0.717) is 17.3 Å². The van der Waals surface area contributed by atoms with Crippen molar-refractivity contribution < 1.29 is 0 Å². The van der Waals surface area contributed by atoms with Crippen molar-refractivity contribution in [1.29, 1.82) is 5.26 Å². The van der Waals surface area contributed by atoms with Crippen molar-refractivity contribution in [3.05, 3.63) is 45.6 Å². The third-order valence-electron chi connectivity index (χ3n) is 4.52. The molecule has 0 spiro atoms. The highest BCUT2D eigenvalue weighted by Crippen LogP contribution is 2.38. The lowest BCUT2D eigenvalue weighted by Crippen LogP contribution is -2.18. The average Bonchev–Trinajstić information content (AvgIpc) is 2.54. The Morgan fingerprint density at radius 2 is 2.09 bits per heavy atom. The number of aromatic nitrogens is 1. The SMILES string of the molecule is CCC1CCc2nc(N)c(C#N)c(-c3ccc(Br)cc3)c2C1. The van der Waals surface area contributed by atoms with Gasteiger partial charge in [0.05, 0.1) is 0 Å². The summed E-state index contributed by atoms with van der Waals surface area (Å²) in [5.41, 5.74) is 10.9. The molecule has 2 N–H and O–H groups in total. The Balaban J connectivity index is 2.24. The number of aryl methyl sites for hydroxylation is 1. The zero-order chi connectivity index (χ0) is 15.7. The number of nitrogens with zero attached hydrogens (tertiary/aromatic N) is 2. The summed E-state index contributed by atoms with van der Waals surface area (Å²) in [6.07, 6.45) is 4.25. The van der Waals surface area contributed by atoms with Crippen molar-refractivity contribution in [3.8, 4) is 17.2 Å². The number of fused-ring (bicyclic) bond motifs is 1. The molecule has 1 atom stereocenters. The van der Waals surface area contributed by atoms with Crippen LogP contribution < -0.4 is 5.73 Å². The van der Waals surface area contributed by atoms with Gasteiger partial charge in [0.1, 0.15) is 17.5 Å². The summed E-state index contributed by atoms with van der Waals surface area (Å²) in [5, 5.41) is 9.56. The third kappa shape index (κ3) is 2.62. The third-order valence-corrected chi connectivity index (χ3v) is 5.04. The van der Waals surface area contributed by atoms with Gasteiger partial charge in [0.2, 0.25) is 0 Å². The molecule has 3 nitrogen and oxygen atoms in total. The zero-order valence-electron chi connectivity index (χ0n) is 12.6. The molecule has 1 aromatic heterocycles. The lowest BCUT2D eigenvalue weighted by molar-refractivity contribution is 0.441. The maximum Gasteiger partial charge on any atom is 0.142 e. The van der Waals surface area contributed by atoms with Gasteiger partial charge in [0, 0.05) is 15.7 Å². The molecular weight excluding hydrogens is 338 g/mol. The number of nitrogen functional groups attached to an aromatic ring is 1. The molecule has 0 amide bonds. The number of nitriles is 1. The van der Waals surface area contributed by atoms with E-state index in [1.165, 1.54) is 5.56 Å². The fourth-order valence-electron chi connectivity index (χ4n) is 3.25. The van der Waals surface area contributed by atoms with Crippen LogP contribution in [-0.2, 0) is 12.8 Å². The second kappa shape index (κ2) is 6.10. The fourth-order valence-corrected chi connectivity index (χ4v) is 3.51. The van der Waals surface area contributed by atoms with Crippen molar-refractivity contribution in [3.63, 3.8) is 0 Å². The van der Waals surface area contributed by atoms with Crippen molar-refractivity contribution in [2.24, 2.45) is 5.92 Å². The summed E-state index contributed by atoms with van der Waals surface area (Å²) in [4.78, 5) is 4.50.